The first-order chi connectivity index (χ1) is 14.9. The second-order valence-corrected chi connectivity index (χ2v) is 8.01. The van der Waals surface area contributed by atoms with E-state index in [2.05, 4.69) is 30.5 Å². The highest BCUT2D eigenvalue weighted by Gasteiger charge is 2.28. The lowest BCUT2D eigenvalue weighted by molar-refractivity contribution is -0.132. The second-order valence-electron chi connectivity index (χ2n) is 8.01. The fourth-order valence-electron chi connectivity index (χ4n) is 3.80. The van der Waals surface area contributed by atoms with Crippen molar-refractivity contribution in [3.05, 3.63) is 35.4 Å². The molecule has 1 saturated heterocycles. The number of carbonyl (C=O) groups is 2. The number of hydrogen-bond acceptors (Lipinski definition) is 9. The van der Waals surface area contributed by atoms with Crippen molar-refractivity contribution in [3.8, 4) is 0 Å². The first-order valence-electron chi connectivity index (χ1n) is 10.3. The number of hydrogen-bond donors (Lipinski definition) is 3. The van der Waals surface area contributed by atoms with E-state index < -0.39 is 6.10 Å². The van der Waals surface area contributed by atoms with Crippen LogP contribution in [0.1, 0.15) is 34.8 Å². The Hall–Kier alpha value is -2.70. The molecule has 0 aliphatic carbocycles. The number of nitrogens with zero attached hydrogens (tertiary/aromatic N) is 5. The molecular weight excluding hydrogens is 434 g/mol. The molecular formula is C20H29N7O4S. The van der Waals surface area contributed by atoms with E-state index in [1.54, 1.807) is 11.0 Å². The molecule has 0 aromatic carbocycles. The average Bonchev–Trinajstić information content (AvgIpc) is 3.07. The maximum Gasteiger partial charge on any atom is 0.270 e. The van der Waals surface area contributed by atoms with Gasteiger partial charge in [-0.2, -0.15) is 13.5 Å². The summed E-state index contributed by atoms with van der Waals surface area (Å²) in [5.74, 6) is 1.77. The van der Waals surface area contributed by atoms with E-state index in [0.29, 0.717) is 37.9 Å². The molecule has 11 nitrogen and oxygen atoms in total. The quantitative estimate of drug-likeness (QED) is 0.504. The maximum atomic E-state index is 12.4. The van der Waals surface area contributed by atoms with Crippen molar-refractivity contribution in [1.82, 2.24) is 30.1 Å². The first kappa shape index (κ1) is 24.0. The number of fused-ring (bicyclic) bond motifs is 1. The molecule has 2 amide bonds. The van der Waals surface area contributed by atoms with E-state index in [9.17, 15) is 14.7 Å². The van der Waals surface area contributed by atoms with Crippen LogP contribution < -0.4 is 10.6 Å². The summed E-state index contributed by atoms with van der Waals surface area (Å²) in [5, 5.41) is 16.3. The number of rotatable bonds is 7. The van der Waals surface area contributed by atoms with Gasteiger partial charge in [0.15, 0.2) is 5.89 Å². The summed E-state index contributed by atoms with van der Waals surface area (Å²) in [6.07, 6.45) is 1.36. The SMILES string of the molecule is CC(=O)N1CC(Nc2cc(C(=O)NC[C@H](O)CN3CCc4oc(C)nc4C3)ncn2)C1.S. The Balaban J connectivity index is 0.00000289. The zero-order chi connectivity index (χ0) is 22.0. The standard InChI is InChI=1S/C20H27N7O4.H2S/c1-12-24-17-10-26(4-3-18(17)31-12)9-15(29)6-21-20(30)16-5-19(23-11-22-16)25-14-7-27(8-14)13(2)28;/h5,11,14-15,29H,3-4,6-10H2,1-2H3,(H,21,30)(H,22,23,25);1H2/t15-;/m0./s1. The predicted molar refractivity (Wildman–Crippen MR) is 121 cm³/mol. The number of likely N-dealkylation sites (tertiary alicyclic amines) is 1. The number of aryl methyl sites for hydroxylation is 1. The molecule has 2 aromatic rings. The predicted octanol–water partition coefficient (Wildman–Crippen LogP) is -0.323. The minimum atomic E-state index is -0.717. The Morgan fingerprint density at radius 1 is 1.34 bits per heavy atom. The van der Waals surface area contributed by atoms with Gasteiger partial charge in [-0.3, -0.25) is 14.5 Å². The Kier molecular flexibility index (Phi) is 7.69. The number of aliphatic hydroxyl groups is 1. The average molecular weight is 464 g/mol. The number of oxazole rings is 1. The van der Waals surface area contributed by atoms with Crippen LogP contribution >= 0.6 is 13.5 Å². The van der Waals surface area contributed by atoms with Gasteiger partial charge in [-0.15, -0.1) is 0 Å². The first-order valence-corrected chi connectivity index (χ1v) is 10.3. The lowest BCUT2D eigenvalue weighted by Gasteiger charge is -2.39. The van der Waals surface area contributed by atoms with E-state index in [1.165, 1.54) is 13.3 Å². The summed E-state index contributed by atoms with van der Waals surface area (Å²) in [4.78, 5) is 40.0. The number of aromatic nitrogens is 3. The molecule has 0 saturated carbocycles. The number of carbonyl (C=O) groups excluding carboxylic acids is 2. The van der Waals surface area contributed by atoms with Crippen LogP contribution in [0.25, 0.3) is 0 Å². The van der Waals surface area contributed by atoms with Gasteiger partial charge in [0.05, 0.1) is 17.8 Å². The van der Waals surface area contributed by atoms with E-state index in [4.69, 9.17) is 4.42 Å². The van der Waals surface area contributed by atoms with Gasteiger partial charge in [0.1, 0.15) is 23.6 Å². The third-order valence-electron chi connectivity index (χ3n) is 5.46. The van der Waals surface area contributed by atoms with Crippen LogP contribution in [0.3, 0.4) is 0 Å². The Labute approximate surface area is 193 Å². The number of β-amino-alcohol motifs (C(OH)–C–C–N with tert-alkyl or cyclic N) is 1. The lowest BCUT2D eigenvalue weighted by atomic mass is 10.1. The largest absolute Gasteiger partial charge is 0.446 e. The van der Waals surface area contributed by atoms with Crippen molar-refractivity contribution >= 4 is 31.1 Å². The van der Waals surface area contributed by atoms with Gasteiger partial charge in [-0.1, -0.05) is 0 Å². The van der Waals surface area contributed by atoms with Crippen molar-refractivity contribution in [2.24, 2.45) is 0 Å². The minimum Gasteiger partial charge on any atom is -0.446 e. The smallest absolute Gasteiger partial charge is 0.270 e. The number of amides is 2. The summed E-state index contributed by atoms with van der Waals surface area (Å²) in [6.45, 7) is 6.53. The Morgan fingerprint density at radius 2 is 2.12 bits per heavy atom. The summed E-state index contributed by atoms with van der Waals surface area (Å²) >= 11 is 0. The van der Waals surface area contributed by atoms with Crippen molar-refractivity contribution in [3.63, 3.8) is 0 Å². The fourth-order valence-corrected chi connectivity index (χ4v) is 3.80. The number of anilines is 1. The van der Waals surface area contributed by atoms with Gasteiger partial charge in [0.2, 0.25) is 5.91 Å². The molecule has 1 fully saturated rings. The van der Waals surface area contributed by atoms with Crippen LogP contribution in [0.15, 0.2) is 16.8 Å². The van der Waals surface area contributed by atoms with E-state index in [-0.39, 0.29) is 43.6 Å². The molecule has 4 heterocycles. The molecule has 3 N–H and O–H groups in total. The molecule has 0 bridgehead atoms. The van der Waals surface area contributed by atoms with Crippen LogP contribution in [0, 0.1) is 6.92 Å². The zero-order valence-electron chi connectivity index (χ0n) is 18.2. The van der Waals surface area contributed by atoms with Crippen LogP contribution in [-0.2, 0) is 17.8 Å². The molecule has 1 atom stereocenters. The van der Waals surface area contributed by atoms with Gasteiger partial charge in [0.25, 0.3) is 5.91 Å². The molecule has 174 valence electrons. The zero-order valence-corrected chi connectivity index (χ0v) is 19.2. The number of nitrogens with one attached hydrogen (secondary N) is 2. The molecule has 0 radical (unpaired) electrons. The molecule has 32 heavy (non-hydrogen) atoms. The molecule has 0 unspecified atom stereocenters. The van der Waals surface area contributed by atoms with Crippen LogP contribution in [0.4, 0.5) is 5.82 Å². The van der Waals surface area contributed by atoms with Crippen LogP contribution in [0.5, 0.6) is 0 Å². The molecule has 2 aliphatic heterocycles. The molecule has 12 heteroatoms. The van der Waals surface area contributed by atoms with Gasteiger partial charge in [0, 0.05) is 65.6 Å². The molecule has 2 aromatic heterocycles. The minimum absolute atomic E-state index is 0. The van der Waals surface area contributed by atoms with Crippen molar-refractivity contribution in [1.29, 1.82) is 0 Å². The van der Waals surface area contributed by atoms with Gasteiger partial charge >= 0.3 is 0 Å². The molecule has 0 spiro atoms. The normalized spacial score (nSPS) is 17.0. The highest BCUT2D eigenvalue weighted by atomic mass is 32.1. The van der Waals surface area contributed by atoms with E-state index in [0.717, 1.165) is 24.4 Å². The summed E-state index contributed by atoms with van der Waals surface area (Å²) in [6, 6.07) is 1.67. The van der Waals surface area contributed by atoms with E-state index in [1.807, 2.05) is 6.92 Å². The molecule has 2 aliphatic rings. The third-order valence-corrected chi connectivity index (χ3v) is 5.46. The van der Waals surface area contributed by atoms with E-state index >= 15 is 0 Å². The second kappa shape index (κ2) is 10.3. The van der Waals surface area contributed by atoms with Crippen LogP contribution in [0.2, 0.25) is 0 Å². The van der Waals surface area contributed by atoms with Crippen molar-refractivity contribution < 1.29 is 19.1 Å². The summed E-state index contributed by atoms with van der Waals surface area (Å²) in [7, 11) is 0. The van der Waals surface area contributed by atoms with Crippen molar-refractivity contribution in [2.45, 2.75) is 39.0 Å². The Bertz CT molecular complexity index is 963. The van der Waals surface area contributed by atoms with Gasteiger partial charge in [-0.05, 0) is 0 Å². The molecule has 4 rings (SSSR count). The lowest BCUT2D eigenvalue weighted by Crippen LogP contribution is -2.56. The van der Waals surface area contributed by atoms with Gasteiger partial charge < -0.3 is 25.1 Å². The highest BCUT2D eigenvalue weighted by molar-refractivity contribution is 7.59. The highest BCUT2D eigenvalue weighted by Crippen LogP contribution is 2.19. The Morgan fingerprint density at radius 3 is 2.88 bits per heavy atom. The third kappa shape index (κ3) is 5.75. The summed E-state index contributed by atoms with van der Waals surface area (Å²) < 4.78 is 5.56. The monoisotopic (exact) mass is 463 g/mol. The topological polar surface area (TPSA) is 137 Å². The fraction of sp³-hybridized carbons (Fsp3) is 0.550. The van der Waals surface area contributed by atoms with Crippen molar-refractivity contribution in [2.75, 3.05) is 38.0 Å². The number of aliphatic hydroxyl groups excluding tert-OH is 1. The van der Waals surface area contributed by atoms with Crippen LogP contribution in [-0.4, -0.2) is 86.5 Å². The maximum absolute atomic E-state index is 12.4. The summed E-state index contributed by atoms with van der Waals surface area (Å²) in [5.41, 5.74) is 1.13. The van der Waals surface area contributed by atoms with Gasteiger partial charge in [-0.25, -0.2) is 15.0 Å².